The van der Waals surface area contributed by atoms with Crippen molar-refractivity contribution < 1.29 is 36.4 Å². The quantitative estimate of drug-likeness (QED) is 0.137. The van der Waals surface area contributed by atoms with Gasteiger partial charge in [0.2, 0.25) is 0 Å². The molecule has 8 aliphatic carbocycles. The summed E-state index contributed by atoms with van der Waals surface area (Å²) >= 11 is 0. The number of rotatable bonds is 10. The van der Waals surface area contributed by atoms with E-state index in [1.54, 1.807) is 0 Å². The van der Waals surface area contributed by atoms with Gasteiger partial charge in [-0.05, 0) is 204 Å². The molecule has 1 heterocycles. The van der Waals surface area contributed by atoms with Crippen LogP contribution in [0.15, 0.2) is 91.0 Å². The SMILES string of the molecule is CC(C)(C)CC(C)(C)c1cc(-c2ccccc2-c2cccc(-c3ccccc3-c3cc(C(C)(C)CC(C)(C)C)cc(C45CC6CC(CC(C6)C4)C5)c3O)n2)c(O)c(C23CC4CC(CC(C4)C2)C3)c1.[CH3-].[CH3-].[Zr+2]. The van der Waals surface area contributed by atoms with E-state index < -0.39 is 0 Å². The molecule has 5 aromatic rings. The number of hydrogen-bond donors (Lipinski definition) is 2. The molecule has 0 amide bonds. The van der Waals surface area contributed by atoms with E-state index in [0.717, 1.165) is 93.1 Å². The van der Waals surface area contributed by atoms with Crippen LogP contribution in [-0.4, -0.2) is 15.2 Å². The zero-order valence-electron chi connectivity index (χ0n) is 45.9. The van der Waals surface area contributed by atoms with Crippen LogP contribution >= 0.6 is 0 Å². The third-order valence-corrected chi connectivity index (χ3v) is 18.7. The Balaban J connectivity index is 0.00000225. The van der Waals surface area contributed by atoms with Gasteiger partial charge < -0.3 is 25.1 Å². The van der Waals surface area contributed by atoms with Crippen molar-refractivity contribution in [3.8, 4) is 56.3 Å². The van der Waals surface area contributed by atoms with Gasteiger partial charge in [-0.25, -0.2) is 4.98 Å². The smallest absolute Gasteiger partial charge is 0.507 e. The normalized spacial score (nSPS) is 27.5. The molecular formula is C67H87NO2Zr. The van der Waals surface area contributed by atoms with Gasteiger partial charge in [-0.1, -0.05) is 136 Å². The first kappa shape index (κ1) is 53.8. The Labute approximate surface area is 450 Å². The first-order chi connectivity index (χ1) is 32.1. The summed E-state index contributed by atoms with van der Waals surface area (Å²) in [5.41, 5.74) is 13.1. The maximum Gasteiger partial charge on any atom is 2.00 e. The molecule has 8 aliphatic rings. The summed E-state index contributed by atoms with van der Waals surface area (Å²) in [5.74, 6) is 5.63. The zero-order chi connectivity index (χ0) is 47.8. The van der Waals surface area contributed by atoms with Gasteiger partial charge in [0.05, 0.1) is 11.4 Å². The van der Waals surface area contributed by atoms with E-state index in [-0.39, 0.29) is 73.5 Å². The molecule has 1 aromatic heterocycles. The number of phenolic OH excluding ortho intramolecular Hbond substituents is 2. The largest absolute Gasteiger partial charge is 2.00 e. The predicted octanol–water partition coefficient (Wildman–Crippen LogP) is 18.4. The van der Waals surface area contributed by atoms with Gasteiger partial charge in [0.15, 0.2) is 0 Å². The van der Waals surface area contributed by atoms with Crippen LogP contribution < -0.4 is 0 Å². The molecule has 0 unspecified atom stereocenters. The molecule has 2 N–H and O–H groups in total. The topological polar surface area (TPSA) is 53.4 Å². The van der Waals surface area contributed by atoms with Crippen LogP contribution in [0.1, 0.15) is 181 Å². The average Bonchev–Trinajstić information content (AvgIpc) is 3.24. The number of aromatic hydroxyl groups is 2. The van der Waals surface area contributed by atoms with Crippen molar-refractivity contribution >= 4 is 0 Å². The van der Waals surface area contributed by atoms with E-state index in [1.165, 1.54) is 99.3 Å². The number of benzene rings is 4. The van der Waals surface area contributed by atoms with Crippen molar-refractivity contribution in [3.05, 3.63) is 128 Å². The fourth-order valence-electron chi connectivity index (χ4n) is 17.6. The first-order valence-electron chi connectivity index (χ1n) is 27.0. The van der Waals surface area contributed by atoms with Gasteiger partial charge in [0.1, 0.15) is 11.5 Å². The average molecular weight is 1030 g/mol. The van der Waals surface area contributed by atoms with E-state index in [0.29, 0.717) is 11.5 Å². The summed E-state index contributed by atoms with van der Waals surface area (Å²) < 4.78 is 0. The van der Waals surface area contributed by atoms with Gasteiger partial charge in [0, 0.05) is 33.4 Å². The summed E-state index contributed by atoms with van der Waals surface area (Å²) in [5, 5.41) is 25.8. The summed E-state index contributed by atoms with van der Waals surface area (Å²) in [6.45, 7) is 23.8. The number of phenols is 2. The molecule has 8 fully saturated rings. The summed E-state index contributed by atoms with van der Waals surface area (Å²) in [4.78, 5) is 5.57. The second-order valence-electron chi connectivity index (χ2n) is 28.0. The molecule has 71 heavy (non-hydrogen) atoms. The Kier molecular flexibility index (Phi) is 14.4. The minimum atomic E-state index is -0.0884. The zero-order valence-corrected chi connectivity index (χ0v) is 48.3. The molecule has 0 aliphatic heterocycles. The number of hydrogen-bond acceptors (Lipinski definition) is 3. The molecule has 4 aromatic carbocycles. The standard InChI is InChI=1S/C65H81NO2.2CH3.Zr/c1-60(2,3)38-62(7,8)46-28-52(58(67)54(30-46)64-32-40-22-41(33-64)24-42(23-40)34-64)48-16-11-13-18-50(48)56-20-15-21-57(66-56)51-19-14-12-17-49(51)53-29-47(63(9,10)39-61(4,5)6)31-55(59(53)68)65-35-43-25-44(36-65)27-45(26-43)37-65;;;/h11-21,28-31,40-45,67-68H,22-27,32-39H2,1-10H3;2*1H3;/q;2*-1;+2. The molecule has 0 radical (unpaired) electrons. The van der Waals surface area contributed by atoms with Crippen molar-refractivity contribution in [1.82, 2.24) is 4.98 Å². The minimum absolute atomic E-state index is 0. The van der Waals surface area contributed by atoms with Crippen molar-refractivity contribution in [2.24, 2.45) is 46.3 Å². The van der Waals surface area contributed by atoms with Crippen LogP contribution in [0, 0.1) is 61.2 Å². The van der Waals surface area contributed by atoms with E-state index >= 15 is 0 Å². The molecule has 376 valence electrons. The van der Waals surface area contributed by atoms with E-state index in [1.807, 2.05) is 0 Å². The third kappa shape index (κ3) is 9.98. The van der Waals surface area contributed by atoms with Crippen LogP contribution in [0.5, 0.6) is 11.5 Å². The van der Waals surface area contributed by atoms with Crippen molar-refractivity contribution in [2.75, 3.05) is 0 Å². The van der Waals surface area contributed by atoms with Crippen molar-refractivity contribution in [3.63, 3.8) is 0 Å². The van der Waals surface area contributed by atoms with Crippen LogP contribution in [-0.2, 0) is 47.9 Å². The molecule has 4 heteroatoms. The Hall–Kier alpha value is -3.49. The predicted molar refractivity (Wildman–Crippen MR) is 296 cm³/mol. The van der Waals surface area contributed by atoms with Gasteiger partial charge in [-0.3, -0.25) is 0 Å². The molecule has 13 rings (SSSR count). The van der Waals surface area contributed by atoms with E-state index in [9.17, 15) is 10.2 Å². The molecule has 0 spiro atoms. The van der Waals surface area contributed by atoms with Crippen LogP contribution in [0.2, 0.25) is 0 Å². The van der Waals surface area contributed by atoms with Gasteiger partial charge in [0.25, 0.3) is 0 Å². The van der Waals surface area contributed by atoms with Crippen LogP contribution in [0.4, 0.5) is 0 Å². The van der Waals surface area contributed by atoms with Crippen LogP contribution in [0.3, 0.4) is 0 Å². The molecule has 0 atom stereocenters. The molecular weight excluding hydrogens is 942 g/mol. The Morgan fingerprint density at radius 1 is 0.423 bits per heavy atom. The van der Waals surface area contributed by atoms with Crippen LogP contribution in [0.25, 0.3) is 44.8 Å². The molecule has 8 saturated carbocycles. The minimum Gasteiger partial charge on any atom is -0.507 e. The molecule has 3 nitrogen and oxygen atoms in total. The van der Waals surface area contributed by atoms with E-state index in [4.69, 9.17) is 4.98 Å². The first-order valence-corrected chi connectivity index (χ1v) is 27.0. The van der Waals surface area contributed by atoms with Gasteiger partial charge >= 0.3 is 26.2 Å². The van der Waals surface area contributed by atoms with Gasteiger partial charge in [-0.15, -0.1) is 0 Å². The van der Waals surface area contributed by atoms with E-state index in [2.05, 4.69) is 160 Å². The third-order valence-electron chi connectivity index (χ3n) is 18.7. The van der Waals surface area contributed by atoms with Gasteiger partial charge in [-0.2, -0.15) is 0 Å². The monoisotopic (exact) mass is 1030 g/mol. The summed E-state index contributed by atoms with van der Waals surface area (Å²) in [6.07, 6.45) is 17.6. The Bertz CT molecular complexity index is 2500. The maximum absolute atomic E-state index is 12.9. The second-order valence-corrected chi connectivity index (χ2v) is 28.0. The fraction of sp³-hybridized carbons (Fsp3) is 0.537. The number of pyridine rings is 1. The Morgan fingerprint density at radius 3 is 1.01 bits per heavy atom. The second kappa shape index (κ2) is 19.0. The molecule has 0 saturated heterocycles. The summed E-state index contributed by atoms with van der Waals surface area (Å²) in [7, 11) is 0. The Morgan fingerprint density at radius 2 is 0.718 bits per heavy atom. The summed E-state index contributed by atoms with van der Waals surface area (Å²) in [6, 6.07) is 33.4. The molecule has 8 bridgehead atoms. The fourth-order valence-corrected chi connectivity index (χ4v) is 17.6. The number of nitrogens with zero attached hydrogens (tertiary/aromatic N) is 1. The maximum atomic E-state index is 12.9. The van der Waals surface area contributed by atoms with Crippen molar-refractivity contribution in [2.45, 2.75) is 181 Å². The number of aromatic nitrogens is 1. The van der Waals surface area contributed by atoms with Crippen molar-refractivity contribution in [1.29, 1.82) is 0 Å².